The van der Waals surface area contributed by atoms with E-state index in [9.17, 15) is 14.0 Å². The number of hydrogen-bond donors (Lipinski definition) is 3. The Labute approximate surface area is 144 Å². The third-order valence-corrected chi connectivity index (χ3v) is 3.41. The molecule has 2 amide bonds. The molecule has 0 aromatic heterocycles. The maximum Gasteiger partial charge on any atom is 0.251 e. The van der Waals surface area contributed by atoms with E-state index in [0.29, 0.717) is 23.5 Å². The Kier molecular flexibility index (Phi) is 6.14. The van der Waals surface area contributed by atoms with E-state index in [-0.39, 0.29) is 23.4 Å². The number of rotatable bonds is 6. The van der Waals surface area contributed by atoms with Crippen molar-refractivity contribution in [1.29, 1.82) is 0 Å². The molecule has 0 bridgehead atoms. The van der Waals surface area contributed by atoms with Crippen LogP contribution in [0.4, 0.5) is 15.8 Å². The molecule has 0 heterocycles. The summed E-state index contributed by atoms with van der Waals surface area (Å²) in [4.78, 5) is 23.7. The fraction of sp³-hybridized carbons (Fsp3) is 0.176. The molecule has 3 N–H and O–H groups in total. The molecule has 0 unspecified atom stereocenters. The first-order chi connectivity index (χ1) is 11.5. The summed E-state index contributed by atoms with van der Waals surface area (Å²) in [7, 11) is 0. The summed E-state index contributed by atoms with van der Waals surface area (Å²) in [6, 6.07) is 10.8. The minimum absolute atomic E-state index is 0.00611. The lowest BCUT2D eigenvalue weighted by Crippen LogP contribution is -2.23. The zero-order valence-corrected chi connectivity index (χ0v) is 13.8. The highest BCUT2D eigenvalue weighted by atomic mass is 35.5. The van der Waals surface area contributed by atoms with Crippen molar-refractivity contribution in [1.82, 2.24) is 5.32 Å². The average molecular weight is 350 g/mol. The molecular weight excluding hydrogens is 333 g/mol. The van der Waals surface area contributed by atoms with Gasteiger partial charge in [-0.3, -0.25) is 9.59 Å². The van der Waals surface area contributed by atoms with Gasteiger partial charge in [-0.15, -0.1) is 0 Å². The molecule has 126 valence electrons. The fourth-order valence-electron chi connectivity index (χ4n) is 1.99. The molecule has 0 atom stereocenters. The Morgan fingerprint density at radius 1 is 1.12 bits per heavy atom. The topological polar surface area (TPSA) is 70.2 Å². The van der Waals surface area contributed by atoms with E-state index < -0.39 is 5.82 Å². The summed E-state index contributed by atoms with van der Waals surface area (Å²) >= 11 is 5.66. The Bertz CT molecular complexity index is 752. The van der Waals surface area contributed by atoms with Gasteiger partial charge in [0.25, 0.3) is 5.91 Å². The summed E-state index contributed by atoms with van der Waals surface area (Å²) < 4.78 is 13.1. The van der Waals surface area contributed by atoms with Crippen LogP contribution in [0.3, 0.4) is 0 Å². The number of amides is 2. The van der Waals surface area contributed by atoms with Crippen LogP contribution >= 0.6 is 11.6 Å². The zero-order chi connectivity index (χ0) is 17.5. The number of carbonyl (C=O) groups excluding carboxylic acids is 2. The lowest BCUT2D eigenvalue weighted by atomic mass is 10.2. The van der Waals surface area contributed by atoms with Crippen molar-refractivity contribution < 1.29 is 14.0 Å². The molecule has 7 heteroatoms. The molecule has 24 heavy (non-hydrogen) atoms. The first-order valence-corrected chi connectivity index (χ1v) is 7.74. The Morgan fingerprint density at radius 3 is 2.62 bits per heavy atom. The molecular formula is C17H17ClFN3O2. The van der Waals surface area contributed by atoms with E-state index in [2.05, 4.69) is 16.0 Å². The van der Waals surface area contributed by atoms with Gasteiger partial charge in [0, 0.05) is 23.5 Å². The minimum Gasteiger partial charge on any atom is -0.376 e. The number of benzene rings is 2. The van der Waals surface area contributed by atoms with Gasteiger partial charge in [-0.2, -0.15) is 0 Å². The van der Waals surface area contributed by atoms with Crippen LogP contribution in [0.2, 0.25) is 5.02 Å². The van der Waals surface area contributed by atoms with Crippen LogP contribution in [0.15, 0.2) is 42.5 Å². The van der Waals surface area contributed by atoms with Gasteiger partial charge in [0.2, 0.25) is 5.91 Å². The third kappa shape index (κ3) is 4.96. The second-order valence-electron chi connectivity index (χ2n) is 4.97. The van der Waals surface area contributed by atoms with Crippen LogP contribution in [0.5, 0.6) is 0 Å². The highest BCUT2D eigenvalue weighted by Gasteiger charge is 2.07. The van der Waals surface area contributed by atoms with Gasteiger partial charge in [0.05, 0.1) is 11.6 Å². The third-order valence-electron chi connectivity index (χ3n) is 3.12. The molecule has 0 saturated carbocycles. The van der Waals surface area contributed by atoms with Crippen LogP contribution in [-0.4, -0.2) is 24.9 Å². The molecule has 0 aliphatic carbocycles. The van der Waals surface area contributed by atoms with Crippen LogP contribution in [-0.2, 0) is 4.79 Å². The first-order valence-electron chi connectivity index (χ1n) is 7.36. The van der Waals surface area contributed by atoms with E-state index in [1.807, 2.05) is 6.92 Å². The van der Waals surface area contributed by atoms with E-state index in [1.54, 1.807) is 24.3 Å². The molecule has 2 rings (SSSR count). The summed E-state index contributed by atoms with van der Waals surface area (Å²) in [5, 5.41) is 8.18. The van der Waals surface area contributed by atoms with E-state index in [0.717, 1.165) is 0 Å². The van der Waals surface area contributed by atoms with Crippen molar-refractivity contribution >= 4 is 34.8 Å². The quantitative estimate of drug-likeness (QED) is 0.749. The van der Waals surface area contributed by atoms with Gasteiger partial charge in [-0.25, -0.2) is 4.39 Å². The number of anilines is 2. The number of nitrogens with one attached hydrogen (secondary N) is 3. The SMILES string of the molecule is CCNC(=O)c1cccc(NCC(=O)Nc2ccc(F)c(Cl)c2)c1. The van der Waals surface area contributed by atoms with Crippen molar-refractivity contribution in [3.05, 3.63) is 58.9 Å². The molecule has 0 fully saturated rings. The smallest absolute Gasteiger partial charge is 0.251 e. The fourth-order valence-corrected chi connectivity index (χ4v) is 2.17. The highest BCUT2D eigenvalue weighted by molar-refractivity contribution is 6.31. The Hall–Kier alpha value is -2.60. The van der Waals surface area contributed by atoms with Crippen molar-refractivity contribution in [2.75, 3.05) is 23.7 Å². The van der Waals surface area contributed by atoms with Gasteiger partial charge < -0.3 is 16.0 Å². The monoisotopic (exact) mass is 349 g/mol. The lowest BCUT2D eigenvalue weighted by Gasteiger charge is -2.09. The van der Waals surface area contributed by atoms with E-state index >= 15 is 0 Å². The second kappa shape index (κ2) is 8.31. The Morgan fingerprint density at radius 2 is 1.92 bits per heavy atom. The maximum absolute atomic E-state index is 13.1. The molecule has 2 aromatic carbocycles. The predicted molar refractivity (Wildman–Crippen MR) is 93.0 cm³/mol. The molecule has 0 radical (unpaired) electrons. The number of halogens is 2. The summed E-state index contributed by atoms with van der Waals surface area (Å²) in [5.41, 5.74) is 1.56. The number of carbonyl (C=O) groups is 2. The molecule has 2 aromatic rings. The standard InChI is InChI=1S/C17H17ClFN3O2/c1-2-20-17(24)11-4-3-5-12(8-11)21-10-16(23)22-13-6-7-15(19)14(18)9-13/h3-9,21H,2,10H2,1H3,(H,20,24)(H,22,23). The highest BCUT2D eigenvalue weighted by Crippen LogP contribution is 2.19. The van der Waals surface area contributed by atoms with E-state index in [4.69, 9.17) is 11.6 Å². The largest absolute Gasteiger partial charge is 0.376 e. The van der Waals surface area contributed by atoms with Crippen molar-refractivity contribution in [2.24, 2.45) is 0 Å². The minimum atomic E-state index is -0.546. The van der Waals surface area contributed by atoms with Crippen molar-refractivity contribution in [3.63, 3.8) is 0 Å². The summed E-state index contributed by atoms with van der Waals surface area (Å²) in [5.74, 6) is -1.04. The van der Waals surface area contributed by atoms with Crippen LogP contribution in [0.1, 0.15) is 17.3 Å². The second-order valence-corrected chi connectivity index (χ2v) is 5.38. The van der Waals surface area contributed by atoms with Gasteiger partial charge in [-0.1, -0.05) is 17.7 Å². The van der Waals surface area contributed by atoms with Crippen molar-refractivity contribution in [3.8, 4) is 0 Å². The molecule has 0 aliphatic heterocycles. The average Bonchev–Trinajstić information content (AvgIpc) is 2.57. The first kappa shape index (κ1) is 17.7. The predicted octanol–water partition coefficient (Wildman–Crippen LogP) is 3.28. The lowest BCUT2D eigenvalue weighted by molar-refractivity contribution is -0.114. The molecule has 5 nitrogen and oxygen atoms in total. The van der Waals surface area contributed by atoms with Gasteiger partial charge in [0.1, 0.15) is 5.82 Å². The zero-order valence-electron chi connectivity index (χ0n) is 13.0. The normalized spacial score (nSPS) is 10.1. The summed E-state index contributed by atoms with van der Waals surface area (Å²) in [6.45, 7) is 2.37. The van der Waals surface area contributed by atoms with Gasteiger partial charge >= 0.3 is 0 Å². The van der Waals surface area contributed by atoms with Crippen LogP contribution in [0, 0.1) is 5.82 Å². The number of hydrogen-bond acceptors (Lipinski definition) is 3. The molecule has 0 aliphatic rings. The van der Waals surface area contributed by atoms with Gasteiger partial charge in [-0.05, 0) is 43.3 Å². The van der Waals surface area contributed by atoms with Gasteiger partial charge in [0.15, 0.2) is 0 Å². The molecule has 0 saturated heterocycles. The molecule has 0 spiro atoms. The van der Waals surface area contributed by atoms with Crippen LogP contribution < -0.4 is 16.0 Å². The van der Waals surface area contributed by atoms with Crippen molar-refractivity contribution in [2.45, 2.75) is 6.92 Å². The van der Waals surface area contributed by atoms with E-state index in [1.165, 1.54) is 18.2 Å². The van der Waals surface area contributed by atoms with Crippen LogP contribution in [0.25, 0.3) is 0 Å². The summed E-state index contributed by atoms with van der Waals surface area (Å²) in [6.07, 6.45) is 0. The maximum atomic E-state index is 13.1. The Balaban J connectivity index is 1.92.